The number of ether oxygens (including phenoxy) is 1. The van der Waals surface area contributed by atoms with E-state index in [9.17, 15) is 9.59 Å². The molecule has 0 atom stereocenters. The van der Waals surface area contributed by atoms with Crippen LogP contribution in [0.15, 0.2) is 48.5 Å². The number of hydrogen-bond donors (Lipinski definition) is 2. The molecule has 2 amide bonds. The van der Waals surface area contributed by atoms with Crippen LogP contribution in [0.5, 0.6) is 5.75 Å². The number of unbranched alkanes of at least 4 members (excludes halogenated alkanes) is 4. The summed E-state index contributed by atoms with van der Waals surface area (Å²) in [6.45, 7) is 6.97. The van der Waals surface area contributed by atoms with Crippen molar-refractivity contribution in [1.82, 2.24) is 4.90 Å². The molecule has 0 aliphatic carbocycles. The third kappa shape index (κ3) is 8.40. The number of carbonyl (C=O) groups is 2. The Hall–Kier alpha value is -3.02. The van der Waals surface area contributed by atoms with Crippen LogP contribution in [0.4, 0.5) is 11.4 Å². The van der Waals surface area contributed by atoms with E-state index in [0.29, 0.717) is 17.2 Å². The van der Waals surface area contributed by atoms with E-state index in [4.69, 9.17) is 4.74 Å². The molecule has 0 radical (unpaired) electrons. The zero-order chi connectivity index (χ0) is 24.2. The fraction of sp³-hybridized carbons (Fsp3) is 0.500. The van der Waals surface area contributed by atoms with Gasteiger partial charge in [0.05, 0.1) is 13.2 Å². The fourth-order valence-electron chi connectivity index (χ4n) is 4.04. The minimum absolute atomic E-state index is 0.0652. The molecule has 3 rings (SSSR count). The predicted molar refractivity (Wildman–Crippen MR) is 139 cm³/mol. The lowest BCUT2D eigenvalue weighted by atomic mass is 9.98. The summed E-state index contributed by atoms with van der Waals surface area (Å²) in [4.78, 5) is 26.9. The lowest BCUT2D eigenvalue weighted by Crippen LogP contribution is -2.37. The summed E-state index contributed by atoms with van der Waals surface area (Å²) in [7, 11) is 0. The second kappa shape index (κ2) is 13.6. The van der Waals surface area contributed by atoms with Gasteiger partial charge in [-0.05, 0) is 73.7 Å². The van der Waals surface area contributed by atoms with E-state index >= 15 is 0 Å². The van der Waals surface area contributed by atoms with Crippen molar-refractivity contribution in [3.05, 3.63) is 54.1 Å². The van der Waals surface area contributed by atoms with Gasteiger partial charge in [-0.1, -0.05) is 39.5 Å². The van der Waals surface area contributed by atoms with Gasteiger partial charge in [0.1, 0.15) is 5.75 Å². The molecule has 0 spiro atoms. The molecule has 2 aromatic carbocycles. The van der Waals surface area contributed by atoms with Gasteiger partial charge < -0.3 is 20.3 Å². The van der Waals surface area contributed by atoms with E-state index < -0.39 is 0 Å². The number of benzene rings is 2. The van der Waals surface area contributed by atoms with Crippen LogP contribution in [0, 0.1) is 5.92 Å². The maximum atomic E-state index is 12.7. The Labute approximate surface area is 204 Å². The molecule has 1 aliphatic rings. The number of likely N-dealkylation sites (tertiary alicyclic amines) is 1. The van der Waals surface area contributed by atoms with Gasteiger partial charge in [-0.3, -0.25) is 9.59 Å². The lowest BCUT2D eigenvalue weighted by Gasteiger charge is -2.30. The number of amides is 2. The molecule has 2 aromatic rings. The molecule has 0 unspecified atom stereocenters. The van der Waals surface area contributed by atoms with Crippen LogP contribution in [0.2, 0.25) is 0 Å². The first-order valence-corrected chi connectivity index (χ1v) is 12.7. The Morgan fingerprint density at radius 1 is 0.912 bits per heavy atom. The van der Waals surface area contributed by atoms with Crippen molar-refractivity contribution >= 4 is 23.2 Å². The van der Waals surface area contributed by atoms with E-state index in [-0.39, 0.29) is 18.4 Å². The average Bonchev–Trinajstić information content (AvgIpc) is 2.86. The van der Waals surface area contributed by atoms with Crippen LogP contribution in [0.3, 0.4) is 0 Å². The highest BCUT2D eigenvalue weighted by Crippen LogP contribution is 2.19. The minimum atomic E-state index is -0.142. The van der Waals surface area contributed by atoms with Crippen molar-refractivity contribution in [3.8, 4) is 5.75 Å². The van der Waals surface area contributed by atoms with Crippen LogP contribution >= 0.6 is 0 Å². The summed E-state index contributed by atoms with van der Waals surface area (Å²) in [5, 5.41) is 6.00. The average molecular weight is 466 g/mol. The van der Waals surface area contributed by atoms with Crippen LogP contribution in [0.1, 0.15) is 69.2 Å². The highest BCUT2D eigenvalue weighted by atomic mass is 16.5. The second-order valence-corrected chi connectivity index (χ2v) is 9.24. The molecule has 34 heavy (non-hydrogen) atoms. The Morgan fingerprint density at radius 3 is 2.24 bits per heavy atom. The van der Waals surface area contributed by atoms with Crippen molar-refractivity contribution in [2.75, 3.05) is 36.9 Å². The van der Waals surface area contributed by atoms with Gasteiger partial charge in [-0.25, -0.2) is 0 Å². The number of nitrogens with zero attached hydrogens (tertiary/aromatic N) is 1. The first kappa shape index (κ1) is 25.6. The molecule has 6 nitrogen and oxygen atoms in total. The molecule has 1 aliphatic heterocycles. The molecule has 0 saturated carbocycles. The van der Waals surface area contributed by atoms with Gasteiger partial charge in [0.25, 0.3) is 5.91 Å². The number of carbonyl (C=O) groups excluding carboxylic acids is 2. The van der Waals surface area contributed by atoms with Crippen molar-refractivity contribution in [2.24, 2.45) is 5.92 Å². The standard InChI is InChI=1S/C28H39N3O3/c1-3-4-5-6-7-20-34-26-14-12-24(13-15-26)29-21-27(32)30-25-10-8-23(9-11-25)28(33)31-18-16-22(2)17-19-31/h8-15,22,29H,3-7,16-21H2,1-2H3,(H,30,32). The maximum absolute atomic E-state index is 12.7. The van der Waals surface area contributed by atoms with Crippen molar-refractivity contribution in [3.63, 3.8) is 0 Å². The van der Waals surface area contributed by atoms with Crippen LogP contribution in [-0.4, -0.2) is 43.0 Å². The fourth-order valence-corrected chi connectivity index (χ4v) is 4.04. The third-order valence-corrected chi connectivity index (χ3v) is 6.31. The second-order valence-electron chi connectivity index (χ2n) is 9.24. The zero-order valence-electron chi connectivity index (χ0n) is 20.6. The Bertz CT molecular complexity index is 888. The summed E-state index contributed by atoms with van der Waals surface area (Å²) < 4.78 is 5.78. The smallest absolute Gasteiger partial charge is 0.253 e. The number of hydrogen-bond acceptors (Lipinski definition) is 4. The number of piperidine rings is 1. The first-order chi connectivity index (χ1) is 16.5. The van der Waals surface area contributed by atoms with Crippen LogP contribution < -0.4 is 15.4 Å². The molecule has 1 fully saturated rings. The third-order valence-electron chi connectivity index (χ3n) is 6.31. The summed E-state index contributed by atoms with van der Waals surface area (Å²) in [6.07, 6.45) is 8.21. The molecule has 1 heterocycles. The SMILES string of the molecule is CCCCCCCOc1ccc(NCC(=O)Nc2ccc(C(=O)N3CCC(C)CC3)cc2)cc1. The Balaban J connectivity index is 1.37. The first-order valence-electron chi connectivity index (χ1n) is 12.7. The lowest BCUT2D eigenvalue weighted by molar-refractivity contribution is -0.114. The largest absolute Gasteiger partial charge is 0.494 e. The van der Waals surface area contributed by atoms with Crippen molar-refractivity contribution in [2.45, 2.75) is 58.8 Å². The summed E-state index contributed by atoms with van der Waals surface area (Å²) in [6, 6.07) is 14.8. The molecule has 0 bridgehead atoms. The van der Waals surface area contributed by atoms with Gasteiger partial charge in [-0.15, -0.1) is 0 Å². The number of anilines is 2. The molecule has 2 N–H and O–H groups in total. The number of nitrogens with one attached hydrogen (secondary N) is 2. The zero-order valence-corrected chi connectivity index (χ0v) is 20.6. The highest BCUT2D eigenvalue weighted by Gasteiger charge is 2.21. The molecule has 6 heteroatoms. The van der Waals surface area contributed by atoms with Gasteiger partial charge in [0.2, 0.25) is 5.91 Å². The van der Waals surface area contributed by atoms with E-state index in [1.807, 2.05) is 29.2 Å². The molecule has 0 aromatic heterocycles. The normalized spacial score (nSPS) is 14.0. The predicted octanol–water partition coefficient (Wildman–Crippen LogP) is 5.96. The summed E-state index contributed by atoms with van der Waals surface area (Å²) in [5.41, 5.74) is 2.20. The van der Waals surface area contributed by atoms with E-state index in [1.54, 1.807) is 24.3 Å². The monoisotopic (exact) mass is 465 g/mol. The summed E-state index contributed by atoms with van der Waals surface area (Å²) in [5.74, 6) is 1.46. The Morgan fingerprint density at radius 2 is 1.56 bits per heavy atom. The topological polar surface area (TPSA) is 70.7 Å². The van der Waals surface area contributed by atoms with Crippen molar-refractivity contribution < 1.29 is 14.3 Å². The summed E-state index contributed by atoms with van der Waals surface area (Å²) >= 11 is 0. The molecule has 184 valence electrons. The van der Waals surface area contributed by atoms with Crippen LogP contribution in [0.25, 0.3) is 0 Å². The quantitative estimate of drug-likeness (QED) is 0.380. The van der Waals surface area contributed by atoms with Gasteiger partial charge in [-0.2, -0.15) is 0 Å². The molecular formula is C28H39N3O3. The van der Waals surface area contributed by atoms with E-state index in [0.717, 1.165) is 50.4 Å². The van der Waals surface area contributed by atoms with E-state index in [2.05, 4.69) is 24.5 Å². The number of rotatable bonds is 12. The van der Waals surface area contributed by atoms with Gasteiger partial charge >= 0.3 is 0 Å². The highest BCUT2D eigenvalue weighted by molar-refractivity contribution is 5.96. The maximum Gasteiger partial charge on any atom is 0.253 e. The van der Waals surface area contributed by atoms with Crippen LogP contribution in [-0.2, 0) is 4.79 Å². The molecular weight excluding hydrogens is 426 g/mol. The minimum Gasteiger partial charge on any atom is -0.494 e. The Kier molecular flexibility index (Phi) is 10.3. The van der Waals surface area contributed by atoms with Gasteiger partial charge in [0.15, 0.2) is 0 Å². The van der Waals surface area contributed by atoms with E-state index in [1.165, 1.54) is 25.7 Å². The van der Waals surface area contributed by atoms with Gasteiger partial charge in [0, 0.05) is 30.0 Å². The molecule has 1 saturated heterocycles. The van der Waals surface area contributed by atoms with Crippen molar-refractivity contribution in [1.29, 1.82) is 0 Å².